The Balaban J connectivity index is 1.78. The molecule has 4 aromatic rings. The molecule has 1 atom stereocenters. The molecule has 0 saturated carbocycles. The van der Waals surface area contributed by atoms with Crippen LogP contribution in [0.25, 0.3) is 11.1 Å². The number of carboxylic acid groups (broad SMARTS) is 1. The van der Waals surface area contributed by atoms with Crippen molar-refractivity contribution in [3.05, 3.63) is 81.8 Å². The zero-order chi connectivity index (χ0) is 22.5. The highest BCUT2D eigenvalue weighted by Crippen LogP contribution is 2.35. The lowest BCUT2D eigenvalue weighted by Crippen LogP contribution is -2.10. The number of nitrogens with zero attached hydrogens (tertiary/aromatic N) is 5. The first-order chi connectivity index (χ1) is 15.6. The molecule has 9 heteroatoms. The predicted molar refractivity (Wildman–Crippen MR) is 123 cm³/mol. The van der Waals surface area contributed by atoms with Gasteiger partial charge in [0.15, 0.2) is 5.82 Å². The van der Waals surface area contributed by atoms with Crippen molar-refractivity contribution in [3.63, 3.8) is 0 Å². The molecule has 2 N–H and O–H groups in total. The van der Waals surface area contributed by atoms with Crippen LogP contribution in [-0.2, 0) is 13.0 Å². The number of aromatic nitrogens is 6. The van der Waals surface area contributed by atoms with Crippen LogP contribution in [0.4, 0.5) is 0 Å². The third kappa shape index (κ3) is 4.67. The smallest absolute Gasteiger partial charge is 0.335 e. The Hall–Kier alpha value is -3.59. The number of hydrogen-bond donors (Lipinski definition) is 2. The molecule has 3 aromatic heterocycles. The third-order valence-electron chi connectivity index (χ3n) is 5.53. The van der Waals surface area contributed by atoms with Crippen LogP contribution in [0.15, 0.2) is 54.3 Å². The highest BCUT2D eigenvalue weighted by molar-refractivity contribution is 7.10. The quantitative estimate of drug-likeness (QED) is 0.393. The number of thiophene rings is 1. The first-order valence-electron chi connectivity index (χ1n) is 10.4. The Morgan fingerprint density at radius 3 is 2.69 bits per heavy atom. The molecule has 0 fully saturated rings. The van der Waals surface area contributed by atoms with Crippen LogP contribution >= 0.6 is 11.3 Å². The van der Waals surface area contributed by atoms with Gasteiger partial charge in [0.25, 0.3) is 0 Å². The van der Waals surface area contributed by atoms with Crippen LogP contribution in [0, 0.1) is 5.92 Å². The number of carboxylic acids is 1. The summed E-state index contributed by atoms with van der Waals surface area (Å²) in [7, 11) is 0. The van der Waals surface area contributed by atoms with Gasteiger partial charge in [-0.05, 0) is 57.5 Å². The molecule has 0 aliphatic rings. The molecule has 4 rings (SSSR count). The Labute approximate surface area is 189 Å². The van der Waals surface area contributed by atoms with Crippen molar-refractivity contribution in [2.24, 2.45) is 5.92 Å². The Morgan fingerprint density at radius 1 is 1.25 bits per heavy atom. The standard InChI is InChI=1S/C23H24N6O2S/c1-3-15(2)21(19(22-25-27-28-26-22)11-18-5-4-10-32-18)20-12-24-14-29(20)13-16-6-8-17(9-7-16)23(30)31/h4-10,12,14-15H,3,11,13H2,1-2H3,(H,30,31)(H,25,26,27,28). The van der Waals surface area contributed by atoms with Crippen molar-refractivity contribution in [1.29, 1.82) is 0 Å². The minimum atomic E-state index is -0.930. The van der Waals surface area contributed by atoms with Gasteiger partial charge in [-0.15, -0.1) is 16.4 Å². The number of benzene rings is 1. The maximum atomic E-state index is 11.2. The molecule has 0 aliphatic carbocycles. The topological polar surface area (TPSA) is 110 Å². The molecule has 32 heavy (non-hydrogen) atoms. The number of tetrazole rings is 1. The summed E-state index contributed by atoms with van der Waals surface area (Å²) in [6, 6.07) is 11.1. The molecule has 0 spiro atoms. The van der Waals surface area contributed by atoms with E-state index in [4.69, 9.17) is 5.11 Å². The number of rotatable bonds is 9. The summed E-state index contributed by atoms with van der Waals surface area (Å²) in [4.78, 5) is 16.8. The lowest BCUT2D eigenvalue weighted by atomic mass is 9.89. The number of aromatic amines is 1. The van der Waals surface area contributed by atoms with Gasteiger partial charge in [0, 0.05) is 23.4 Å². The average Bonchev–Trinajstić information content (AvgIpc) is 3.57. The summed E-state index contributed by atoms with van der Waals surface area (Å²) in [5.74, 6) is -0.0205. The van der Waals surface area contributed by atoms with Gasteiger partial charge >= 0.3 is 5.97 Å². The number of allylic oxidation sites excluding steroid dienone is 2. The van der Waals surface area contributed by atoms with Gasteiger partial charge in [0.05, 0.1) is 23.8 Å². The highest BCUT2D eigenvalue weighted by Gasteiger charge is 2.23. The molecule has 8 nitrogen and oxygen atoms in total. The van der Waals surface area contributed by atoms with Gasteiger partial charge in [-0.3, -0.25) is 0 Å². The molecule has 164 valence electrons. The lowest BCUT2D eigenvalue weighted by Gasteiger charge is -2.21. The van der Waals surface area contributed by atoms with E-state index in [0.29, 0.717) is 18.8 Å². The number of hydrogen-bond acceptors (Lipinski definition) is 6. The lowest BCUT2D eigenvalue weighted by molar-refractivity contribution is 0.0697. The van der Waals surface area contributed by atoms with E-state index < -0.39 is 5.97 Å². The Morgan fingerprint density at radius 2 is 2.06 bits per heavy atom. The van der Waals surface area contributed by atoms with E-state index >= 15 is 0 Å². The van der Waals surface area contributed by atoms with Crippen LogP contribution in [0.2, 0.25) is 0 Å². The normalized spacial score (nSPS) is 13.1. The van der Waals surface area contributed by atoms with Crippen LogP contribution in [-0.4, -0.2) is 41.3 Å². The van der Waals surface area contributed by atoms with E-state index in [0.717, 1.165) is 28.8 Å². The van der Waals surface area contributed by atoms with Crippen LogP contribution < -0.4 is 0 Å². The van der Waals surface area contributed by atoms with Crippen molar-refractivity contribution < 1.29 is 9.90 Å². The van der Waals surface area contributed by atoms with Gasteiger partial charge in [-0.2, -0.15) is 0 Å². The fraction of sp³-hybridized carbons (Fsp3) is 0.261. The molecule has 0 saturated heterocycles. The summed E-state index contributed by atoms with van der Waals surface area (Å²) in [6.45, 7) is 4.94. The molecule has 1 aromatic carbocycles. The molecule has 0 amide bonds. The first kappa shape index (κ1) is 21.6. The van der Waals surface area contributed by atoms with Gasteiger partial charge in [0.1, 0.15) is 0 Å². The zero-order valence-corrected chi connectivity index (χ0v) is 18.7. The third-order valence-corrected chi connectivity index (χ3v) is 6.41. The first-order valence-corrected chi connectivity index (χ1v) is 11.3. The minimum absolute atomic E-state index is 0.250. The van der Waals surface area contributed by atoms with Crippen LogP contribution in [0.1, 0.15) is 52.6 Å². The van der Waals surface area contributed by atoms with Crippen molar-refractivity contribution in [1.82, 2.24) is 30.2 Å². The molecule has 0 aliphatic heterocycles. The Kier molecular flexibility index (Phi) is 6.55. The molecular formula is C23H24N6O2S. The highest BCUT2D eigenvalue weighted by atomic mass is 32.1. The Bertz CT molecular complexity index is 1190. The van der Waals surface area contributed by atoms with E-state index in [1.807, 2.05) is 30.7 Å². The second-order valence-corrected chi connectivity index (χ2v) is 8.65. The van der Waals surface area contributed by atoms with E-state index in [9.17, 15) is 4.79 Å². The van der Waals surface area contributed by atoms with Crippen molar-refractivity contribution in [2.75, 3.05) is 0 Å². The largest absolute Gasteiger partial charge is 0.478 e. The maximum Gasteiger partial charge on any atom is 0.335 e. The van der Waals surface area contributed by atoms with Gasteiger partial charge in [-0.1, -0.05) is 32.0 Å². The number of imidazole rings is 1. The molecule has 0 bridgehead atoms. The summed E-state index contributed by atoms with van der Waals surface area (Å²) in [5, 5.41) is 26.0. The van der Waals surface area contributed by atoms with Crippen LogP contribution in [0.3, 0.4) is 0 Å². The van der Waals surface area contributed by atoms with E-state index in [2.05, 4.69) is 55.5 Å². The number of H-pyrrole nitrogens is 1. The number of aromatic carboxylic acids is 1. The van der Waals surface area contributed by atoms with Gasteiger partial charge in [-0.25, -0.2) is 14.9 Å². The fourth-order valence-corrected chi connectivity index (χ4v) is 4.43. The summed E-state index contributed by atoms with van der Waals surface area (Å²) < 4.78 is 2.09. The predicted octanol–water partition coefficient (Wildman–Crippen LogP) is 4.40. The molecule has 3 heterocycles. The van der Waals surface area contributed by atoms with E-state index in [1.54, 1.807) is 23.5 Å². The second kappa shape index (κ2) is 9.69. The fourth-order valence-electron chi connectivity index (χ4n) is 3.71. The van der Waals surface area contributed by atoms with Gasteiger partial charge in [0.2, 0.25) is 0 Å². The van der Waals surface area contributed by atoms with Crippen LogP contribution in [0.5, 0.6) is 0 Å². The second-order valence-electron chi connectivity index (χ2n) is 7.62. The molecular weight excluding hydrogens is 424 g/mol. The van der Waals surface area contributed by atoms with Crippen molar-refractivity contribution in [2.45, 2.75) is 33.2 Å². The summed E-state index contributed by atoms with van der Waals surface area (Å²) in [5.41, 5.74) is 4.48. The monoisotopic (exact) mass is 448 g/mol. The van der Waals surface area contributed by atoms with Crippen molar-refractivity contribution >= 4 is 28.5 Å². The summed E-state index contributed by atoms with van der Waals surface area (Å²) in [6.07, 6.45) is 5.35. The average molecular weight is 449 g/mol. The number of nitrogens with one attached hydrogen (secondary N) is 1. The SMILES string of the molecule is CCC(C)C(=C(Cc1cccs1)c1nnn[nH]1)c1cncn1Cc1ccc(C(=O)O)cc1. The summed E-state index contributed by atoms with van der Waals surface area (Å²) >= 11 is 1.71. The van der Waals surface area contributed by atoms with E-state index in [-0.39, 0.29) is 11.5 Å². The molecule has 0 radical (unpaired) electrons. The van der Waals surface area contributed by atoms with Gasteiger partial charge < -0.3 is 9.67 Å². The zero-order valence-electron chi connectivity index (χ0n) is 17.9. The molecule has 1 unspecified atom stereocenters. The van der Waals surface area contributed by atoms with Crippen molar-refractivity contribution in [3.8, 4) is 0 Å². The number of carbonyl (C=O) groups is 1. The maximum absolute atomic E-state index is 11.2. The minimum Gasteiger partial charge on any atom is -0.478 e. The van der Waals surface area contributed by atoms with E-state index in [1.165, 1.54) is 4.88 Å².